The second-order valence-corrected chi connectivity index (χ2v) is 7.91. The summed E-state index contributed by atoms with van der Waals surface area (Å²) in [7, 11) is 0. The fourth-order valence-electron chi connectivity index (χ4n) is 4.13. The van der Waals surface area contributed by atoms with Crippen LogP contribution in [0.2, 0.25) is 0 Å². The lowest BCUT2D eigenvalue weighted by Gasteiger charge is -2.31. The number of nitrogens with zero attached hydrogens (tertiary/aromatic N) is 4. The standard InChI is InChI=1S/C22H27F3N6O2/c1-3-15(21(32)30-9-11-33-12-10-30)28-16-7-8-26-20-18(16)29-19(31(20)4-2)14-5-6-17(27-13-14)22(23,24)25/h5-8,13,15,19,29H,3-4,9-12H2,1-2H3,(H,26,28)/t15-,19?/m0/s1. The Hall–Kier alpha value is -3.08. The van der Waals surface area contributed by atoms with Crippen molar-refractivity contribution in [2.45, 2.75) is 38.7 Å². The Morgan fingerprint density at radius 1 is 1.24 bits per heavy atom. The van der Waals surface area contributed by atoms with Gasteiger partial charge in [-0.1, -0.05) is 13.0 Å². The zero-order chi connectivity index (χ0) is 23.6. The van der Waals surface area contributed by atoms with Crippen molar-refractivity contribution in [2.75, 3.05) is 48.4 Å². The van der Waals surface area contributed by atoms with Gasteiger partial charge in [0.1, 0.15) is 23.6 Å². The van der Waals surface area contributed by atoms with Crippen molar-refractivity contribution >= 4 is 23.1 Å². The summed E-state index contributed by atoms with van der Waals surface area (Å²) in [6.45, 7) is 6.66. The van der Waals surface area contributed by atoms with Crippen LogP contribution in [-0.2, 0) is 15.7 Å². The minimum absolute atomic E-state index is 0.0141. The van der Waals surface area contributed by atoms with Crippen LogP contribution in [0, 0.1) is 0 Å². The number of nitrogens with one attached hydrogen (secondary N) is 2. The predicted molar refractivity (Wildman–Crippen MR) is 118 cm³/mol. The van der Waals surface area contributed by atoms with Gasteiger partial charge in [0.05, 0.1) is 18.9 Å². The molecular formula is C22H27F3N6O2. The summed E-state index contributed by atoms with van der Waals surface area (Å²) in [6, 6.07) is 3.78. The first kappa shape index (κ1) is 23.1. The summed E-state index contributed by atoms with van der Waals surface area (Å²) < 4.78 is 44.1. The molecule has 2 aromatic rings. The topological polar surface area (TPSA) is 82.6 Å². The first-order valence-electron chi connectivity index (χ1n) is 11.0. The molecule has 0 saturated carbocycles. The van der Waals surface area contributed by atoms with Gasteiger partial charge >= 0.3 is 6.18 Å². The lowest BCUT2D eigenvalue weighted by molar-refractivity contribution is -0.141. The largest absolute Gasteiger partial charge is 0.433 e. The maximum absolute atomic E-state index is 13.0. The first-order chi connectivity index (χ1) is 15.8. The van der Waals surface area contributed by atoms with E-state index in [4.69, 9.17) is 4.74 Å². The summed E-state index contributed by atoms with van der Waals surface area (Å²) in [5.74, 6) is 0.682. The minimum atomic E-state index is -4.49. The summed E-state index contributed by atoms with van der Waals surface area (Å²) in [5.41, 5.74) is 1.08. The van der Waals surface area contributed by atoms with E-state index in [1.165, 1.54) is 12.3 Å². The number of carbonyl (C=O) groups excluding carboxylic acids is 1. The third-order valence-electron chi connectivity index (χ3n) is 5.89. The van der Waals surface area contributed by atoms with Crippen LogP contribution in [0.4, 0.5) is 30.4 Å². The van der Waals surface area contributed by atoms with Gasteiger partial charge in [0, 0.05) is 37.6 Å². The second kappa shape index (κ2) is 9.42. The number of amides is 1. The number of halogens is 3. The molecule has 0 spiro atoms. The van der Waals surface area contributed by atoms with E-state index in [9.17, 15) is 18.0 Å². The Morgan fingerprint density at radius 3 is 2.61 bits per heavy atom. The third-order valence-corrected chi connectivity index (χ3v) is 5.89. The first-order valence-corrected chi connectivity index (χ1v) is 11.0. The van der Waals surface area contributed by atoms with Crippen molar-refractivity contribution in [2.24, 2.45) is 0 Å². The number of aromatic nitrogens is 2. The fourth-order valence-corrected chi connectivity index (χ4v) is 4.13. The zero-order valence-corrected chi connectivity index (χ0v) is 18.5. The van der Waals surface area contributed by atoms with Gasteiger partial charge in [0.15, 0.2) is 5.82 Å². The minimum Gasteiger partial charge on any atom is -0.378 e. The van der Waals surface area contributed by atoms with Crippen LogP contribution >= 0.6 is 0 Å². The van der Waals surface area contributed by atoms with Crippen LogP contribution in [0.25, 0.3) is 0 Å². The van der Waals surface area contributed by atoms with Crippen molar-refractivity contribution in [1.29, 1.82) is 0 Å². The van der Waals surface area contributed by atoms with Gasteiger partial charge in [-0.25, -0.2) is 4.98 Å². The summed E-state index contributed by atoms with van der Waals surface area (Å²) in [6.07, 6.45) is -1.43. The molecule has 2 aliphatic rings. The Kier molecular flexibility index (Phi) is 6.59. The molecule has 2 N–H and O–H groups in total. The van der Waals surface area contributed by atoms with Crippen LogP contribution in [0.15, 0.2) is 30.6 Å². The molecule has 1 fully saturated rings. The number of carbonyl (C=O) groups is 1. The zero-order valence-electron chi connectivity index (χ0n) is 18.5. The van der Waals surface area contributed by atoms with Gasteiger partial charge < -0.3 is 25.2 Å². The summed E-state index contributed by atoms with van der Waals surface area (Å²) >= 11 is 0. The smallest absolute Gasteiger partial charge is 0.378 e. The number of pyridine rings is 2. The molecule has 8 nitrogen and oxygen atoms in total. The molecule has 0 aliphatic carbocycles. The average molecular weight is 464 g/mol. The molecular weight excluding hydrogens is 437 g/mol. The Bertz CT molecular complexity index is 979. The van der Waals surface area contributed by atoms with E-state index in [1.54, 1.807) is 17.2 Å². The third kappa shape index (κ3) is 4.68. The van der Waals surface area contributed by atoms with Crippen LogP contribution in [0.3, 0.4) is 0 Å². The van der Waals surface area contributed by atoms with Gasteiger partial charge in [-0.2, -0.15) is 13.2 Å². The molecule has 0 aromatic carbocycles. The molecule has 4 rings (SSSR count). The van der Waals surface area contributed by atoms with E-state index in [2.05, 4.69) is 20.6 Å². The molecule has 0 bridgehead atoms. The lowest BCUT2D eigenvalue weighted by atomic mass is 10.1. The number of alkyl halides is 3. The van der Waals surface area contributed by atoms with E-state index < -0.39 is 24.1 Å². The molecule has 1 amide bonds. The Balaban J connectivity index is 1.57. The number of rotatable bonds is 6. The van der Waals surface area contributed by atoms with Gasteiger partial charge in [-0.05, 0) is 25.5 Å². The molecule has 2 aromatic heterocycles. The van der Waals surface area contributed by atoms with E-state index in [1.807, 2.05) is 18.7 Å². The molecule has 1 saturated heterocycles. The molecule has 178 valence electrons. The Labute approximate surface area is 190 Å². The summed E-state index contributed by atoms with van der Waals surface area (Å²) in [5, 5.41) is 6.71. The van der Waals surface area contributed by atoms with Crippen LogP contribution in [0.1, 0.15) is 37.7 Å². The molecule has 2 aliphatic heterocycles. The van der Waals surface area contributed by atoms with Gasteiger partial charge in [-0.3, -0.25) is 9.78 Å². The molecule has 1 unspecified atom stereocenters. The van der Waals surface area contributed by atoms with E-state index in [0.29, 0.717) is 62.0 Å². The maximum atomic E-state index is 13.0. The number of hydrogen-bond donors (Lipinski definition) is 2. The SMILES string of the molecule is CC[C@H](Nc1ccnc2c1NC(c1ccc(C(F)(F)F)nc1)N2CC)C(=O)N1CCOCC1. The van der Waals surface area contributed by atoms with Crippen LogP contribution in [-0.4, -0.2) is 59.7 Å². The van der Waals surface area contributed by atoms with Crippen molar-refractivity contribution in [3.05, 3.63) is 41.9 Å². The summed E-state index contributed by atoms with van der Waals surface area (Å²) in [4.78, 5) is 24.8. The van der Waals surface area contributed by atoms with Crippen molar-refractivity contribution in [3.8, 4) is 0 Å². The van der Waals surface area contributed by atoms with E-state index >= 15 is 0 Å². The highest BCUT2D eigenvalue weighted by Gasteiger charge is 2.35. The quantitative estimate of drug-likeness (QED) is 0.677. The van der Waals surface area contributed by atoms with Crippen molar-refractivity contribution in [1.82, 2.24) is 14.9 Å². The highest BCUT2D eigenvalue weighted by Crippen LogP contribution is 2.44. The number of hydrogen-bond acceptors (Lipinski definition) is 7. The number of fused-ring (bicyclic) bond motifs is 1. The van der Waals surface area contributed by atoms with Crippen LogP contribution in [0.5, 0.6) is 0 Å². The predicted octanol–water partition coefficient (Wildman–Crippen LogP) is 3.50. The maximum Gasteiger partial charge on any atom is 0.433 e. The average Bonchev–Trinajstić information content (AvgIpc) is 3.21. The highest BCUT2D eigenvalue weighted by atomic mass is 19.4. The number of morpholine rings is 1. The van der Waals surface area contributed by atoms with Crippen molar-refractivity contribution in [3.63, 3.8) is 0 Å². The Morgan fingerprint density at radius 2 is 2.00 bits per heavy atom. The van der Waals surface area contributed by atoms with Gasteiger partial charge in [0.2, 0.25) is 5.91 Å². The van der Waals surface area contributed by atoms with E-state index in [-0.39, 0.29) is 5.91 Å². The fraction of sp³-hybridized carbons (Fsp3) is 0.500. The van der Waals surface area contributed by atoms with Gasteiger partial charge in [0.25, 0.3) is 0 Å². The molecule has 2 atom stereocenters. The van der Waals surface area contributed by atoms with Crippen LogP contribution < -0.4 is 15.5 Å². The number of anilines is 3. The highest BCUT2D eigenvalue weighted by molar-refractivity contribution is 5.90. The normalized spacial score (nSPS) is 19.1. The molecule has 0 radical (unpaired) electrons. The van der Waals surface area contributed by atoms with Crippen molar-refractivity contribution < 1.29 is 22.7 Å². The molecule has 33 heavy (non-hydrogen) atoms. The second-order valence-electron chi connectivity index (χ2n) is 7.91. The lowest BCUT2D eigenvalue weighted by Crippen LogP contribution is -2.47. The van der Waals surface area contributed by atoms with Gasteiger partial charge in [-0.15, -0.1) is 0 Å². The van der Waals surface area contributed by atoms with E-state index in [0.717, 1.165) is 6.07 Å². The molecule has 11 heteroatoms. The number of ether oxygens (including phenoxy) is 1. The molecule has 4 heterocycles. The monoisotopic (exact) mass is 464 g/mol.